The van der Waals surface area contributed by atoms with Gasteiger partial charge >= 0.3 is 0 Å². The zero-order chi connectivity index (χ0) is 19.9. The van der Waals surface area contributed by atoms with E-state index in [1.807, 2.05) is 20.2 Å². The Hall–Kier alpha value is -1.88. The topological polar surface area (TPSA) is 52.7 Å². The molecule has 0 radical (unpaired) electrons. The predicted octanol–water partition coefficient (Wildman–Crippen LogP) is 3.67. The molecule has 0 aliphatic rings. The molecule has 0 saturated carbocycles. The first kappa shape index (κ1) is 22.2. The van der Waals surface area contributed by atoms with Crippen molar-refractivity contribution < 1.29 is 9.59 Å². The Bertz CT molecular complexity index is 583. The summed E-state index contributed by atoms with van der Waals surface area (Å²) in [6.07, 6.45) is 0.847. The lowest BCUT2D eigenvalue weighted by atomic mass is 9.92. The fourth-order valence-corrected chi connectivity index (χ4v) is 2.97. The number of carbonyl (C=O) groups excluding carboxylic acids is 2. The largest absolute Gasteiger partial charge is 0.334 e. The molecule has 0 spiro atoms. The number of carbonyl (C=O) groups is 2. The number of benzene rings is 1. The van der Waals surface area contributed by atoms with Gasteiger partial charge in [0.15, 0.2) is 0 Å². The highest BCUT2D eigenvalue weighted by molar-refractivity contribution is 5.95. The van der Waals surface area contributed by atoms with Crippen LogP contribution in [0.1, 0.15) is 64.0 Å². The lowest BCUT2D eigenvalue weighted by Gasteiger charge is -2.24. The smallest absolute Gasteiger partial charge is 0.244 e. The summed E-state index contributed by atoms with van der Waals surface area (Å²) < 4.78 is 0. The first-order chi connectivity index (χ1) is 12.1. The summed E-state index contributed by atoms with van der Waals surface area (Å²) in [5, 5.41) is 3.08. The van der Waals surface area contributed by atoms with E-state index in [0.717, 1.165) is 29.8 Å². The molecule has 5 nitrogen and oxygen atoms in total. The fraction of sp³-hybridized carbons (Fsp3) is 0.619. The fourth-order valence-electron chi connectivity index (χ4n) is 2.97. The number of para-hydroxylation sites is 1. The Morgan fingerprint density at radius 2 is 1.54 bits per heavy atom. The summed E-state index contributed by atoms with van der Waals surface area (Å²) >= 11 is 0. The highest BCUT2D eigenvalue weighted by Gasteiger charge is 2.18. The quantitative estimate of drug-likeness (QED) is 0.730. The molecule has 0 unspecified atom stereocenters. The zero-order valence-electron chi connectivity index (χ0n) is 17.4. The van der Waals surface area contributed by atoms with Crippen molar-refractivity contribution in [3.8, 4) is 0 Å². The van der Waals surface area contributed by atoms with E-state index in [0.29, 0.717) is 18.4 Å². The van der Waals surface area contributed by atoms with Crippen LogP contribution in [0.5, 0.6) is 0 Å². The van der Waals surface area contributed by atoms with E-state index in [1.54, 1.807) is 4.90 Å². The van der Waals surface area contributed by atoms with Gasteiger partial charge in [0.2, 0.25) is 11.8 Å². The zero-order valence-corrected chi connectivity index (χ0v) is 17.4. The highest BCUT2D eigenvalue weighted by Crippen LogP contribution is 2.32. The second-order valence-corrected chi connectivity index (χ2v) is 7.77. The van der Waals surface area contributed by atoms with Crippen LogP contribution in [0, 0.1) is 0 Å². The second-order valence-electron chi connectivity index (χ2n) is 7.77. The lowest BCUT2D eigenvalue weighted by Crippen LogP contribution is -2.38. The van der Waals surface area contributed by atoms with E-state index >= 15 is 0 Å². The van der Waals surface area contributed by atoms with E-state index in [9.17, 15) is 9.59 Å². The molecule has 0 atom stereocenters. The summed E-state index contributed by atoms with van der Waals surface area (Å²) in [5.41, 5.74) is 3.16. The Labute approximate surface area is 158 Å². The molecular weight excluding hydrogens is 326 g/mol. The third kappa shape index (κ3) is 6.79. The molecule has 0 aliphatic carbocycles. The monoisotopic (exact) mass is 361 g/mol. The van der Waals surface area contributed by atoms with Crippen LogP contribution in [-0.2, 0) is 9.59 Å². The number of hydrogen-bond acceptors (Lipinski definition) is 3. The van der Waals surface area contributed by atoms with Crippen molar-refractivity contribution in [2.24, 2.45) is 0 Å². The van der Waals surface area contributed by atoms with Crippen LogP contribution in [0.4, 0.5) is 5.69 Å². The van der Waals surface area contributed by atoms with Gasteiger partial charge in [0.25, 0.3) is 0 Å². The molecule has 2 amide bonds. The third-order valence-electron chi connectivity index (χ3n) is 4.45. The minimum Gasteiger partial charge on any atom is -0.334 e. The maximum Gasteiger partial charge on any atom is 0.244 e. The molecule has 0 fully saturated rings. The van der Waals surface area contributed by atoms with Crippen LogP contribution in [0.25, 0.3) is 0 Å². The van der Waals surface area contributed by atoms with Gasteiger partial charge < -0.3 is 15.1 Å². The van der Waals surface area contributed by atoms with Gasteiger partial charge in [-0.3, -0.25) is 9.59 Å². The van der Waals surface area contributed by atoms with E-state index in [-0.39, 0.29) is 18.4 Å². The molecular formula is C21H35N3O2. The number of nitrogens with one attached hydrogen (secondary N) is 1. The van der Waals surface area contributed by atoms with Crippen molar-refractivity contribution in [2.75, 3.05) is 39.0 Å². The standard InChI is InChI=1S/C21H35N3O2/c1-15(2)18-10-8-11-19(16(3)4)21(18)22-20(26)14-24(17(5)25)13-9-12-23(6)7/h8,10-11,15-16H,9,12-14H2,1-7H3,(H,22,26). The molecule has 146 valence electrons. The summed E-state index contributed by atoms with van der Waals surface area (Å²) in [7, 11) is 4.00. The molecule has 0 bridgehead atoms. The minimum atomic E-state index is -0.139. The average Bonchev–Trinajstić information content (AvgIpc) is 2.53. The van der Waals surface area contributed by atoms with Crippen LogP contribution >= 0.6 is 0 Å². The summed E-state index contributed by atoms with van der Waals surface area (Å²) in [6.45, 7) is 11.6. The first-order valence-corrected chi connectivity index (χ1v) is 9.46. The van der Waals surface area contributed by atoms with Gasteiger partial charge in [-0.15, -0.1) is 0 Å². The van der Waals surface area contributed by atoms with Gasteiger partial charge in [-0.1, -0.05) is 45.9 Å². The SMILES string of the molecule is CC(=O)N(CCCN(C)C)CC(=O)Nc1c(C(C)C)cccc1C(C)C. The summed E-state index contributed by atoms with van der Waals surface area (Å²) in [6, 6.07) is 6.17. The second kappa shape index (κ2) is 10.3. The van der Waals surface area contributed by atoms with Crippen molar-refractivity contribution in [2.45, 2.75) is 52.9 Å². The van der Waals surface area contributed by atoms with Gasteiger partial charge in [0, 0.05) is 19.2 Å². The number of rotatable bonds is 9. The molecule has 1 rings (SSSR count). The maximum absolute atomic E-state index is 12.7. The summed E-state index contributed by atoms with van der Waals surface area (Å²) in [4.78, 5) is 28.2. The van der Waals surface area contributed by atoms with E-state index in [4.69, 9.17) is 0 Å². The van der Waals surface area contributed by atoms with E-state index < -0.39 is 0 Å². The lowest BCUT2D eigenvalue weighted by molar-refractivity contribution is -0.132. The molecule has 5 heteroatoms. The number of hydrogen-bond donors (Lipinski definition) is 1. The molecule has 1 aromatic carbocycles. The Balaban J connectivity index is 2.90. The maximum atomic E-state index is 12.7. The van der Waals surface area contributed by atoms with Crippen molar-refractivity contribution in [3.63, 3.8) is 0 Å². The molecule has 0 saturated heterocycles. The van der Waals surface area contributed by atoms with Crippen LogP contribution in [0.3, 0.4) is 0 Å². The molecule has 0 aliphatic heterocycles. The van der Waals surface area contributed by atoms with Crippen molar-refractivity contribution in [1.29, 1.82) is 0 Å². The van der Waals surface area contributed by atoms with Crippen LogP contribution in [-0.4, -0.2) is 55.3 Å². The third-order valence-corrected chi connectivity index (χ3v) is 4.45. The van der Waals surface area contributed by atoms with Crippen LogP contribution < -0.4 is 5.32 Å². The number of anilines is 1. The summed E-state index contributed by atoms with van der Waals surface area (Å²) in [5.74, 6) is 0.418. The average molecular weight is 362 g/mol. The molecule has 1 N–H and O–H groups in total. The molecule has 1 aromatic rings. The van der Waals surface area contributed by atoms with Gasteiger partial charge in [0.1, 0.15) is 0 Å². The predicted molar refractivity (Wildman–Crippen MR) is 109 cm³/mol. The van der Waals surface area contributed by atoms with E-state index in [1.165, 1.54) is 6.92 Å². The highest BCUT2D eigenvalue weighted by atomic mass is 16.2. The van der Waals surface area contributed by atoms with E-state index in [2.05, 4.69) is 50.0 Å². The van der Waals surface area contributed by atoms with Crippen LogP contribution in [0.15, 0.2) is 18.2 Å². The van der Waals surface area contributed by atoms with Gasteiger partial charge in [-0.2, -0.15) is 0 Å². The normalized spacial score (nSPS) is 11.3. The molecule has 0 aromatic heterocycles. The van der Waals surface area contributed by atoms with Gasteiger partial charge in [-0.05, 0) is 50.0 Å². The first-order valence-electron chi connectivity index (χ1n) is 9.46. The Morgan fingerprint density at radius 3 is 1.96 bits per heavy atom. The van der Waals surface area contributed by atoms with Crippen LogP contribution in [0.2, 0.25) is 0 Å². The Morgan fingerprint density at radius 1 is 1.00 bits per heavy atom. The molecule has 0 heterocycles. The number of nitrogens with zero attached hydrogens (tertiary/aromatic N) is 2. The van der Waals surface area contributed by atoms with Crippen molar-refractivity contribution >= 4 is 17.5 Å². The number of amides is 2. The van der Waals surface area contributed by atoms with Crippen molar-refractivity contribution in [1.82, 2.24) is 9.80 Å². The van der Waals surface area contributed by atoms with Gasteiger partial charge in [-0.25, -0.2) is 0 Å². The Kier molecular flexibility index (Phi) is 8.79. The van der Waals surface area contributed by atoms with Crippen molar-refractivity contribution in [3.05, 3.63) is 29.3 Å². The molecule has 26 heavy (non-hydrogen) atoms. The van der Waals surface area contributed by atoms with Gasteiger partial charge in [0.05, 0.1) is 6.54 Å². The minimum absolute atomic E-state index is 0.0693.